The second-order valence-corrected chi connectivity index (χ2v) is 4.92. The van der Waals surface area contributed by atoms with Gasteiger partial charge in [0.15, 0.2) is 0 Å². The lowest BCUT2D eigenvalue weighted by molar-refractivity contribution is -0.137. The molecule has 15 heavy (non-hydrogen) atoms. The van der Waals surface area contributed by atoms with E-state index in [1.54, 1.807) is 11.3 Å². The molecule has 0 amide bonds. The van der Waals surface area contributed by atoms with Crippen molar-refractivity contribution in [3.63, 3.8) is 0 Å². The van der Waals surface area contributed by atoms with E-state index in [4.69, 9.17) is 5.11 Å². The summed E-state index contributed by atoms with van der Waals surface area (Å²) in [4.78, 5) is 16.2. The predicted octanol–water partition coefficient (Wildman–Crippen LogP) is 2.98. The molecule has 0 spiro atoms. The van der Waals surface area contributed by atoms with Gasteiger partial charge in [-0.15, -0.1) is 11.3 Å². The average molecular weight is 227 g/mol. The number of rotatable bonds is 5. The summed E-state index contributed by atoms with van der Waals surface area (Å²) in [5, 5.41) is 9.86. The SMILES string of the molecule is CCCc1nc(C)c(C(C)CC(=O)O)s1. The molecular formula is C11H17NO2S. The summed E-state index contributed by atoms with van der Waals surface area (Å²) in [7, 11) is 0. The van der Waals surface area contributed by atoms with Crippen molar-refractivity contribution in [1.82, 2.24) is 4.98 Å². The van der Waals surface area contributed by atoms with Crippen molar-refractivity contribution in [2.75, 3.05) is 0 Å². The molecule has 3 nitrogen and oxygen atoms in total. The lowest BCUT2D eigenvalue weighted by atomic mass is 10.1. The van der Waals surface area contributed by atoms with E-state index in [0.717, 1.165) is 28.4 Å². The van der Waals surface area contributed by atoms with Crippen LogP contribution in [0.15, 0.2) is 0 Å². The van der Waals surface area contributed by atoms with Crippen molar-refractivity contribution in [2.24, 2.45) is 0 Å². The van der Waals surface area contributed by atoms with E-state index in [1.807, 2.05) is 13.8 Å². The Kier molecular flexibility index (Phi) is 4.27. The molecule has 1 atom stereocenters. The molecule has 1 heterocycles. The fraction of sp³-hybridized carbons (Fsp3) is 0.636. The van der Waals surface area contributed by atoms with E-state index in [1.165, 1.54) is 0 Å². The minimum Gasteiger partial charge on any atom is -0.481 e. The molecule has 1 rings (SSSR count). The Labute approximate surface area is 94.2 Å². The maximum absolute atomic E-state index is 10.6. The highest BCUT2D eigenvalue weighted by molar-refractivity contribution is 7.11. The number of aliphatic carboxylic acids is 1. The number of aromatic nitrogens is 1. The molecule has 0 aliphatic heterocycles. The lowest BCUT2D eigenvalue weighted by Gasteiger charge is -2.05. The number of carbonyl (C=O) groups is 1. The maximum Gasteiger partial charge on any atom is 0.303 e. The molecule has 1 N–H and O–H groups in total. The number of hydrogen-bond donors (Lipinski definition) is 1. The molecule has 1 aromatic heterocycles. The van der Waals surface area contributed by atoms with Crippen molar-refractivity contribution in [3.05, 3.63) is 15.6 Å². The van der Waals surface area contributed by atoms with Crippen molar-refractivity contribution < 1.29 is 9.90 Å². The Morgan fingerprint density at radius 1 is 1.60 bits per heavy atom. The van der Waals surface area contributed by atoms with Crippen LogP contribution in [0.25, 0.3) is 0 Å². The molecule has 4 heteroatoms. The van der Waals surface area contributed by atoms with Crippen LogP contribution in [0.4, 0.5) is 0 Å². The van der Waals surface area contributed by atoms with E-state index in [-0.39, 0.29) is 12.3 Å². The molecule has 0 saturated heterocycles. The van der Waals surface area contributed by atoms with Crippen LogP contribution in [0.5, 0.6) is 0 Å². The van der Waals surface area contributed by atoms with Gasteiger partial charge in [0.05, 0.1) is 17.1 Å². The number of carboxylic acids is 1. The minimum atomic E-state index is -0.743. The Morgan fingerprint density at radius 3 is 2.80 bits per heavy atom. The van der Waals surface area contributed by atoms with Gasteiger partial charge in [-0.2, -0.15) is 0 Å². The van der Waals surface area contributed by atoms with Crippen LogP contribution in [0, 0.1) is 6.92 Å². The standard InChI is InChI=1S/C11H17NO2S/c1-4-5-9-12-8(3)11(15-9)7(2)6-10(13)14/h7H,4-6H2,1-3H3,(H,13,14). The van der Waals surface area contributed by atoms with Gasteiger partial charge in [0.1, 0.15) is 0 Å². The third kappa shape index (κ3) is 3.30. The van der Waals surface area contributed by atoms with E-state index >= 15 is 0 Å². The molecule has 0 aliphatic carbocycles. The van der Waals surface area contributed by atoms with Crippen molar-refractivity contribution in [1.29, 1.82) is 0 Å². The second-order valence-electron chi connectivity index (χ2n) is 3.81. The Morgan fingerprint density at radius 2 is 2.27 bits per heavy atom. The van der Waals surface area contributed by atoms with E-state index in [0.29, 0.717) is 0 Å². The molecule has 1 unspecified atom stereocenters. The van der Waals surface area contributed by atoms with Gasteiger partial charge >= 0.3 is 5.97 Å². The Hall–Kier alpha value is -0.900. The fourth-order valence-corrected chi connectivity index (χ4v) is 2.82. The summed E-state index contributed by atoms with van der Waals surface area (Å²) in [6.45, 7) is 6.03. The molecule has 0 aliphatic rings. The molecule has 1 aromatic rings. The van der Waals surface area contributed by atoms with E-state index < -0.39 is 5.97 Å². The van der Waals surface area contributed by atoms with Gasteiger partial charge in [-0.3, -0.25) is 4.79 Å². The normalized spacial score (nSPS) is 12.7. The molecule has 0 aromatic carbocycles. The molecule has 0 saturated carbocycles. The largest absolute Gasteiger partial charge is 0.481 e. The van der Waals surface area contributed by atoms with Gasteiger partial charge in [-0.05, 0) is 19.8 Å². The third-order valence-corrected chi connectivity index (χ3v) is 3.72. The van der Waals surface area contributed by atoms with Gasteiger partial charge in [0, 0.05) is 10.8 Å². The van der Waals surface area contributed by atoms with Crippen LogP contribution < -0.4 is 0 Å². The second kappa shape index (κ2) is 5.26. The summed E-state index contributed by atoms with van der Waals surface area (Å²) < 4.78 is 0. The van der Waals surface area contributed by atoms with E-state index in [9.17, 15) is 4.79 Å². The minimum absolute atomic E-state index is 0.0746. The summed E-state index contributed by atoms with van der Waals surface area (Å²) in [6, 6.07) is 0. The molecule has 84 valence electrons. The first-order valence-corrected chi connectivity index (χ1v) is 6.04. The predicted molar refractivity (Wildman–Crippen MR) is 61.5 cm³/mol. The van der Waals surface area contributed by atoms with Crippen molar-refractivity contribution >= 4 is 17.3 Å². The number of hydrogen-bond acceptors (Lipinski definition) is 3. The van der Waals surface area contributed by atoms with Crippen molar-refractivity contribution in [2.45, 2.75) is 46.0 Å². The highest BCUT2D eigenvalue weighted by Gasteiger charge is 2.16. The van der Waals surface area contributed by atoms with Gasteiger partial charge in [0.25, 0.3) is 0 Å². The zero-order valence-corrected chi connectivity index (χ0v) is 10.2. The zero-order valence-electron chi connectivity index (χ0n) is 9.41. The highest BCUT2D eigenvalue weighted by atomic mass is 32.1. The first-order valence-electron chi connectivity index (χ1n) is 5.22. The average Bonchev–Trinajstić information content (AvgIpc) is 2.46. The van der Waals surface area contributed by atoms with Crippen molar-refractivity contribution in [3.8, 4) is 0 Å². The van der Waals surface area contributed by atoms with Crippen LogP contribution in [0.1, 0.15) is 48.2 Å². The zero-order chi connectivity index (χ0) is 11.4. The number of aryl methyl sites for hydroxylation is 2. The number of carboxylic acid groups (broad SMARTS) is 1. The topological polar surface area (TPSA) is 50.2 Å². The monoisotopic (exact) mass is 227 g/mol. The van der Waals surface area contributed by atoms with E-state index in [2.05, 4.69) is 11.9 Å². The first-order chi connectivity index (χ1) is 7.04. The summed E-state index contributed by atoms with van der Waals surface area (Å²) in [5.74, 6) is -0.669. The van der Waals surface area contributed by atoms with Crippen LogP contribution in [0.2, 0.25) is 0 Å². The molecule has 0 bridgehead atoms. The van der Waals surface area contributed by atoms with Gasteiger partial charge < -0.3 is 5.11 Å². The fourth-order valence-electron chi connectivity index (χ4n) is 1.60. The number of thiazole rings is 1. The van der Waals surface area contributed by atoms with Crippen LogP contribution in [-0.4, -0.2) is 16.1 Å². The van der Waals surface area contributed by atoms with Crippen LogP contribution >= 0.6 is 11.3 Å². The van der Waals surface area contributed by atoms with Gasteiger partial charge in [-0.25, -0.2) is 4.98 Å². The lowest BCUT2D eigenvalue weighted by Crippen LogP contribution is -2.02. The molecular weight excluding hydrogens is 210 g/mol. The van der Waals surface area contributed by atoms with Crippen LogP contribution in [-0.2, 0) is 11.2 Å². The molecule has 0 radical (unpaired) electrons. The summed E-state index contributed by atoms with van der Waals surface area (Å²) in [6.07, 6.45) is 2.26. The third-order valence-electron chi connectivity index (χ3n) is 2.27. The smallest absolute Gasteiger partial charge is 0.303 e. The van der Waals surface area contributed by atoms with Gasteiger partial charge in [-0.1, -0.05) is 13.8 Å². The van der Waals surface area contributed by atoms with Gasteiger partial charge in [0.2, 0.25) is 0 Å². The highest BCUT2D eigenvalue weighted by Crippen LogP contribution is 2.29. The number of nitrogens with zero attached hydrogens (tertiary/aromatic N) is 1. The van der Waals surface area contributed by atoms with Crippen LogP contribution in [0.3, 0.4) is 0 Å². The first kappa shape index (κ1) is 12.2. The Bertz CT molecular complexity index is 346. The Balaban J connectivity index is 2.79. The molecule has 0 fully saturated rings. The maximum atomic E-state index is 10.6. The summed E-state index contributed by atoms with van der Waals surface area (Å²) in [5.41, 5.74) is 0.997. The summed E-state index contributed by atoms with van der Waals surface area (Å²) >= 11 is 1.66. The quantitative estimate of drug-likeness (QED) is 0.841.